The zero-order valence-corrected chi connectivity index (χ0v) is 23.9. The fraction of sp³-hybridized carbons (Fsp3) is 0.152. The molecule has 4 aromatic carbocycles. The molecule has 0 saturated heterocycles. The van der Waals surface area contributed by atoms with Gasteiger partial charge in [-0.05, 0) is 72.1 Å². The summed E-state index contributed by atoms with van der Waals surface area (Å²) in [4.78, 5) is 53.4. The molecule has 46 heavy (non-hydrogen) atoms. The van der Waals surface area contributed by atoms with Gasteiger partial charge in [-0.1, -0.05) is 36.4 Å². The summed E-state index contributed by atoms with van der Waals surface area (Å²) >= 11 is 0. The van der Waals surface area contributed by atoms with Gasteiger partial charge in [0.05, 0.1) is 33.6 Å². The van der Waals surface area contributed by atoms with Crippen molar-refractivity contribution in [2.75, 3.05) is 17.3 Å². The maximum atomic E-state index is 15.0. The van der Waals surface area contributed by atoms with Gasteiger partial charge in [-0.2, -0.15) is 26.3 Å². The number of nitrogens with one attached hydrogen (secondary N) is 1. The molecule has 0 bridgehead atoms. The first kappa shape index (κ1) is 30.6. The number of nitrogens with zero attached hydrogens (tertiary/aromatic N) is 2. The second kappa shape index (κ2) is 10.3. The van der Waals surface area contributed by atoms with E-state index in [9.17, 15) is 45.5 Å². The van der Waals surface area contributed by atoms with Crippen molar-refractivity contribution >= 4 is 40.7 Å². The number of carbonyl (C=O) groups is 4. The molecule has 0 unspecified atom stereocenters. The largest absolute Gasteiger partial charge is 0.411 e. The lowest BCUT2D eigenvalue weighted by Crippen LogP contribution is -2.55. The Morgan fingerprint density at radius 2 is 1.09 bits per heavy atom. The highest BCUT2D eigenvalue weighted by molar-refractivity contribution is 6.35. The number of amides is 4. The van der Waals surface area contributed by atoms with Gasteiger partial charge in [0.1, 0.15) is 0 Å². The van der Waals surface area contributed by atoms with Gasteiger partial charge in [0.25, 0.3) is 23.6 Å². The highest BCUT2D eigenvalue weighted by atomic mass is 19.4. The van der Waals surface area contributed by atoms with E-state index in [2.05, 4.69) is 5.32 Å². The molecule has 0 saturated carbocycles. The predicted octanol–water partition coefficient (Wildman–Crippen LogP) is 7.18. The van der Waals surface area contributed by atoms with Crippen LogP contribution in [0.25, 0.3) is 0 Å². The lowest BCUT2D eigenvalue weighted by Gasteiger charge is -2.38. The smallest absolute Gasteiger partial charge is 0.354 e. The molecular weight excluding hydrogens is 616 g/mol. The summed E-state index contributed by atoms with van der Waals surface area (Å²) in [5.41, 5.74) is -8.02. The second-order valence-electron chi connectivity index (χ2n) is 10.9. The normalized spacial score (nSPS) is 15.0. The molecule has 0 radical (unpaired) electrons. The predicted molar refractivity (Wildman–Crippen MR) is 154 cm³/mol. The summed E-state index contributed by atoms with van der Waals surface area (Å²) in [7, 11) is 1.05. The second-order valence-corrected chi connectivity index (χ2v) is 10.9. The van der Waals surface area contributed by atoms with Crippen molar-refractivity contribution in [3.05, 3.63) is 124 Å². The van der Waals surface area contributed by atoms with Crippen LogP contribution in [0.5, 0.6) is 0 Å². The van der Waals surface area contributed by atoms with Crippen molar-refractivity contribution < 1.29 is 45.5 Å². The van der Waals surface area contributed by atoms with E-state index in [1.54, 1.807) is 49.4 Å². The van der Waals surface area contributed by atoms with Crippen molar-refractivity contribution in [2.45, 2.75) is 24.7 Å². The number of fused-ring (bicyclic) bond motifs is 2. The zero-order chi connectivity index (χ0) is 33.3. The molecule has 0 aliphatic carbocycles. The van der Waals surface area contributed by atoms with Gasteiger partial charge in [-0.3, -0.25) is 24.1 Å². The van der Waals surface area contributed by atoms with Crippen LogP contribution >= 0.6 is 0 Å². The maximum Gasteiger partial charge on any atom is 0.411 e. The number of aryl methyl sites for hydroxylation is 1. The number of rotatable bonds is 5. The number of para-hydroxylation sites is 1. The third kappa shape index (κ3) is 4.37. The first-order chi connectivity index (χ1) is 21.6. The number of halogens is 6. The van der Waals surface area contributed by atoms with Crippen LogP contribution in [0, 0.1) is 6.92 Å². The van der Waals surface area contributed by atoms with Crippen LogP contribution in [0.1, 0.15) is 58.1 Å². The molecule has 0 spiro atoms. The van der Waals surface area contributed by atoms with Crippen LogP contribution in [0.3, 0.4) is 0 Å². The summed E-state index contributed by atoms with van der Waals surface area (Å²) in [5, 5.41) is 3.07. The molecule has 7 nitrogen and oxygen atoms in total. The van der Waals surface area contributed by atoms with Crippen molar-refractivity contribution in [3.8, 4) is 0 Å². The molecular formula is C33H21F6N3O4. The Labute approximate surface area is 257 Å². The van der Waals surface area contributed by atoms with E-state index in [1.807, 2.05) is 0 Å². The molecule has 4 amide bonds. The number of benzene rings is 4. The fourth-order valence-corrected chi connectivity index (χ4v) is 5.88. The Morgan fingerprint density at radius 1 is 0.587 bits per heavy atom. The summed E-state index contributed by atoms with van der Waals surface area (Å²) in [6.45, 7) is 1.68. The quantitative estimate of drug-likeness (QED) is 0.185. The molecule has 234 valence electrons. The third-order valence-electron chi connectivity index (χ3n) is 8.14. The third-order valence-corrected chi connectivity index (χ3v) is 8.14. The number of hydrogen-bond acceptors (Lipinski definition) is 5. The van der Waals surface area contributed by atoms with E-state index in [1.165, 1.54) is 6.07 Å². The topological polar surface area (TPSA) is 86.8 Å². The van der Waals surface area contributed by atoms with Crippen molar-refractivity contribution in [2.24, 2.45) is 0 Å². The van der Waals surface area contributed by atoms with Crippen LogP contribution in [0.15, 0.2) is 84.9 Å². The number of anilines is 3. The van der Waals surface area contributed by atoms with Crippen LogP contribution in [-0.2, 0) is 5.41 Å². The van der Waals surface area contributed by atoms with E-state index < -0.39 is 69.2 Å². The molecule has 0 fully saturated rings. The molecule has 0 atom stereocenters. The Kier molecular flexibility index (Phi) is 6.84. The summed E-state index contributed by atoms with van der Waals surface area (Å²) in [5.74, 6) is -4.01. The van der Waals surface area contributed by atoms with Crippen molar-refractivity contribution in [1.29, 1.82) is 0 Å². The van der Waals surface area contributed by atoms with Gasteiger partial charge < -0.3 is 5.32 Å². The van der Waals surface area contributed by atoms with Gasteiger partial charge >= 0.3 is 12.4 Å². The van der Waals surface area contributed by atoms with E-state index in [0.29, 0.717) is 45.3 Å². The monoisotopic (exact) mass is 637 g/mol. The van der Waals surface area contributed by atoms with Crippen LogP contribution in [0.4, 0.5) is 43.4 Å². The summed E-state index contributed by atoms with van der Waals surface area (Å²) < 4.78 is 89.8. The van der Waals surface area contributed by atoms with E-state index in [4.69, 9.17) is 0 Å². The molecule has 0 aromatic heterocycles. The maximum absolute atomic E-state index is 15.0. The molecule has 4 aromatic rings. The van der Waals surface area contributed by atoms with E-state index in [0.717, 1.165) is 19.2 Å². The van der Waals surface area contributed by atoms with Crippen molar-refractivity contribution in [3.63, 3.8) is 0 Å². The van der Waals surface area contributed by atoms with Gasteiger partial charge in [0, 0.05) is 12.7 Å². The lowest BCUT2D eigenvalue weighted by atomic mass is 9.71. The fourth-order valence-electron chi connectivity index (χ4n) is 5.88. The van der Waals surface area contributed by atoms with Gasteiger partial charge in [-0.15, -0.1) is 0 Å². The molecule has 6 rings (SSSR count). The first-order valence-electron chi connectivity index (χ1n) is 13.6. The number of alkyl halides is 6. The van der Waals surface area contributed by atoms with Gasteiger partial charge in [-0.25, -0.2) is 4.90 Å². The number of hydrogen-bond donors (Lipinski definition) is 1. The minimum Gasteiger partial charge on any atom is -0.354 e. The Hall–Kier alpha value is -5.46. The van der Waals surface area contributed by atoms with Gasteiger partial charge in [0.15, 0.2) is 0 Å². The zero-order valence-electron chi connectivity index (χ0n) is 23.9. The van der Waals surface area contributed by atoms with Crippen LogP contribution in [-0.4, -0.2) is 47.9 Å². The Bertz CT molecular complexity index is 1960. The standard InChI is InChI=1S/C33H21F6N3O4/c1-17-8-13-25(40-20-6-4-3-5-7-20)26(14-17)42-29(45)22-12-10-19(16-24(22)30(42)46)31(32(34,35)36,33(37,38)39)18-9-11-21-23(15-18)28(44)41(2)27(21)43/h3-16,40H,1-2H3. The highest BCUT2D eigenvalue weighted by Crippen LogP contribution is 2.57. The lowest BCUT2D eigenvalue weighted by molar-refractivity contribution is -0.288. The molecule has 2 aliphatic rings. The minimum atomic E-state index is -6.06. The Morgan fingerprint density at radius 3 is 1.65 bits per heavy atom. The minimum absolute atomic E-state index is 0.0421. The summed E-state index contributed by atoms with van der Waals surface area (Å²) in [6.07, 6.45) is -12.1. The van der Waals surface area contributed by atoms with E-state index >= 15 is 0 Å². The Balaban J connectivity index is 1.51. The van der Waals surface area contributed by atoms with Crippen LogP contribution < -0.4 is 10.2 Å². The number of carbonyl (C=O) groups excluding carboxylic acids is 4. The van der Waals surface area contributed by atoms with E-state index in [-0.39, 0.29) is 16.9 Å². The van der Waals surface area contributed by atoms with Gasteiger partial charge in [0.2, 0.25) is 5.41 Å². The summed E-state index contributed by atoms with van der Waals surface area (Å²) in [6, 6.07) is 16.7. The highest BCUT2D eigenvalue weighted by Gasteiger charge is 2.73. The van der Waals surface area contributed by atoms with Crippen molar-refractivity contribution in [1.82, 2.24) is 4.90 Å². The van der Waals surface area contributed by atoms with Crippen LogP contribution in [0.2, 0.25) is 0 Å². The first-order valence-corrected chi connectivity index (χ1v) is 13.6. The average Bonchev–Trinajstić information content (AvgIpc) is 3.36. The SMILES string of the molecule is Cc1ccc(Nc2ccccc2)c(N2C(=O)c3ccc(C(c4ccc5c(c4)C(=O)N(C)C5=O)(C(F)(F)F)C(F)(F)F)cc3C2=O)c1. The average molecular weight is 638 g/mol. The molecule has 13 heteroatoms. The number of imide groups is 2. The molecule has 2 heterocycles. The molecule has 2 aliphatic heterocycles. The molecule has 1 N–H and O–H groups in total.